The number of ketones is 1. The molecule has 120 valence electrons. The van der Waals surface area contributed by atoms with Crippen LogP contribution in [0, 0.1) is 0 Å². The van der Waals surface area contributed by atoms with Crippen LogP contribution in [-0.2, 0) is 4.74 Å². The van der Waals surface area contributed by atoms with E-state index in [0.717, 1.165) is 16.4 Å². The van der Waals surface area contributed by atoms with Crippen LogP contribution < -0.4 is 5.32 Å². The quantitative estimate of drug-likeness (QED) is 0.265. The number of allylic oxidation sites excluding steroid dienone is 1. The Labute approximate surface area is 149 Å². The zero-order valence-corrected chi connectivity index (χ0v) is 15.3. The summed E-state index contributed by atoms with van der Waals surface area (Å²) in [4.78, 5) is 22.8. The maximum atomic E-state index is 11.6. The van der Waals surface area contributed by atoms with Crippen molar-refractivity contribution in [1.29, 1.82) is 0 Å². The summed E-state index contributed by atoms with van der Waals surface area (Å²) in [5, 5.41) is 2.63. The fourth-order valence-electron chi connectivity index (χ4n) is 1.75. The summed E-state index contributed by atoms with van der Waals surface area (Å²) < 4.78 is 6.10. The fourth-order valence-corrected chi connectivity index (χ4v) is 2.89. The first kappa shape index (κ1) is 19.0. The molecule has 1 rings (SSSR count). The van der Waals surface area contributed by atoms with Crippen LogP contribution in [0.4, 0.5) is 10.5 Å². The van der Waals surface area contributed by atoms with E-state index in [2.05, 4.69) is 34.5 Å². The van der Waals surface area contributed by atoms with E-state index in [9.17, 15) is 9.59 Å². The number of hydrogen-bond donors (Lipinski definition) is 1. The highest BCUT2D eigenvalue weighted by Gasteiger charge is 2.07. The van der Waals surface area contributed by atoms with Gasteiger partial charge in [0.2, 0.25) is 0 Å². The SMILES string of the molecule is C=C(I)C[C@H](Cl)CCCOC(=O)Nc1ccc(C(C)=O)cc1. The number of benzene rings is 1. The summed E-state index contributed by atoms with van der Waals surface area (Å²) in [6, 6.07) is 6.65. The molecule has 1 N–H and O–H groups in total. The first-order chi connectivity index (χ1) is 10.4. The van der Waals surface area contributed by atoms with Crippen LogP contribution in [0.5, 0.6) is 0 Å². The van der Waals surface area contributed by atoms with Gasteiger partial charge in [-0.05, 0) is 76.6 Å². The number of alkyl halides is 1. The van der Waals surface area contributed by atoms with Gasteiger partial charge in [-0.1, -0.05) is 6.58 Å². The smallest absolute Gasteiger partial charge is 0.411 e. The molecule has 0 fully saturated rings. The van der Waals surface area contributed by atoms with Crippen LogP contribution in [0.2, 0.25) is 0 Å². The van der Waals surface area contributed by atoms with Gasteiger partial charge in [-0.25, -0.2) is 4.79 Å². The zero-order chi connectivity index (χ0) is 16.5. The Hall–Kier alpha value is -1.08. The molecule has 1 aromatic carbocycles. The van der Waals surface area contributed by atoms with Crippen molar-refractivity contribution in [2.75, 3.05) is 11.9 Å². The topological polar surface area (TPSA) is 55.4 Å². The van der Waals surface area contributed by atoms with Crippen LogP contribution in [0.3, 0.4) is 0 Å². The first-order valence-corrected chi connectivity index (χ1v) is 8.42. The second kappa shape index (κ2) is 9.84. The highest BCUT2D eigenvalue weighted by Crippen LogP contribution is 2.19. The zero-order valence-electron chi connectivity index (χ0n) is 12.4. The second-order valence-electron chi connectivity index (χ2n) is 4.86. The largest absolute Gasteiger partial charge is 0.449 e. The van der Waals surface area contributed by atoms with Crippen LogP contribution in [-0.4, -0.2) is 23.9 Å². The third-order valence-electron chi connectivity index (χ3n) is 2.88. The molecule has 0 heterocycles. The van der Waals surface area contributed by atoms with Gasteiger partial charge >= 0.3 is 6.09 Å². The molecule has 6 heteroatoms. The summed E-state index contributed by atoms with van der Waals surface area (Å²) in [5.41, 5.74) is 1.19. The van der Waals surface area contributed by atoms with Crippen molar-refractivity contribution in [3.05, 3.63) is 40.0 Å². The summed E-state index contributed by atoms with van der Waals surface area (Å²) in [7, 11) is 0. The van der Waals surface area contributed by atoms with E-state index in [1.54, 1.807) is 24.3 Å². The van der Waals surface area contributed by atoms with Crippen molar-refractivity contribution in [3.8, 4) is 0 Å². The van der Waals surface area contributed by atoms with Crippen LogP contribution in [0.1, 0.15) is 36.5 Å². The highest BCUT2D eigenvalue weighted by molar-refractivity contribution is 14.1. The number of carbonyl (C=O) groups excluding carboxylic acids is 2. The Kier molecular flexibility index (Phi) is 8.48. The number of Topliss-reactive ketones (excluding diaryl/α,β-unsaturated/α-hetero) is 1. The molecular formula is C16H19ClINO3. The molecule has 4 nitrogen and oxygen atoms in total. The molecule has 0 aromatic heterocycles. The minimum Gasteiger partial charge on any atom is -0.449 e. The molecule has 22 heavy (non-hydrogen) atoms. The molecule has 0 spiro atoms. The molecule has 0 unspecified atom stereocenters. The number of nitrogens with one attached hydrogen (secondary N) is 1. The van der Waals surface area contributed by atoms with Crippen LogP contribution in [0.25, 0.3) is 0 Å². The van der Waals surface area contributed by atoms with Gasteiger partial charge in [-0.2, -0.15) is 0 Å². The lowest BCUT2D eigenvalue weighted by Gasteiger charge is -2.10. The lowest BCUT2D eigenvalue weighted by atomic mass is 10.1. The van der Waals surface area contributed by atoms with Crippen molar-refractivity contribution >= 4 is 51.8 Å². The molecule has 1 atom stereocenters. The minimum atomic E-state index is -0.514. The Morgan fingerprint density at radius 1 is 1.36 bits per heavy atom. The van der Waals surface area contributed by atoms with Crippen molar-refractivity contribution in [2.24, 2.45) is 0 Å². The lowest BCUT2D eigenvalue weighted by molar-refractivity contribution is 0.101. The van der Waals surface area contributed by atoms with E-state index >= 15 is 0 Å². The van der Waals surface area contributed by atoms with Gasteiger partial charge in [0.15, 0.2) is 5.78 Å². The van der Waals surface area contributed by atoms with Crippen molar-refractivity contribution in [2.45, 2.75) is 31.6 Å². The summed E-state index contributed by atoms with van der Waals surface area (Å²) in [6.07, 6.45) is 1.72. The maximum Gasteiger partial charge on any atom is 0.411 e. The molecule has 0 radical (unpaired) electrons. The van der Waals surface area contributed by atoms with Crippen molar-refractivity contribution in [3.63, 3.8) is 0 Å². The predicted octanol–water partition coefficient (Wildman–Crippen LogP) is 5.16. The molecule has 0 saturated heterocycles. The van der Waals surface area contributed by atoms with Gasteiger partial charge < -0.3 is 4.74 Å². The Bertz CT molecular complexity index is 531. The molecule has 1 amide bonds. The van der Waals surface area contributed by atoms with Gasteiger partial charge in [-0.15, -0.1) is 11.6 Å². The van der Waals surface area contributed by atoms with E-state index in [0.29, 0.717) is 24.3 Å². The second-order valence-corrected chi connectivity index (χ2v) is 7.00. The van der Waals surface area contributed by atoms with E-state index in [-0.39, 0.29) is 11.2 Å². The Balaban J connectivity index is 2.26. The molecule has 1 aromatic rings. The molecule has 0 saturated carbocycles. The number of halogens is 2. The number of carbonyl (C=O) groups is 2. The number of ether oxygens (including phenoxy) is 1. The van der Waals surface area contributed by atoms with E-state index in [4.69, 9.17) is 16.3 Å². The highest BCUT2D eigenvalue weighted by atomic mass is 127. The van der Waals surface area contributed by atoms with Crippen molar-refractivity contribution in [1.82, 2.24) is 0 Å². The molecule has 0 aliphatic heterocycles. The summed E-state index contributed by atoms with van der Waals surface area (Å²) >= 11 is 8.26. The van der Waals surface area contributed by atoms with E-state index in [1.165, 1.54) is 6.92 Å². The van der Waals surface area contributed by atoms with E-state index < -0.39 is 6.09 Å². The van der Waals surface area contributed by atoms with Crippen LogP contribution >= 0.6 is 34.2 Å². The normalized spacial score (nSPS) is 11.6. The molecular weight excluding hydrogens is 417 g/mol. The van der Waals surface area contributed by atoms with E-state index in [1.807, 2.05) is 0 Å². The monoisotopic (exact) mass is 435 g/mol. The lowest BCUT2D eigenvalue weighted by Crippen LogP contribution is -2.15. The standard InChI is InChI=1S/C16H19ClINO3/c1-11(18)10-14(17)4-3-9-22-16(21)19-15-7-5-13(6-8-15)12(2)20/h5-8,14H,1,3-4,9-10H2,2H3,(H,19,21)/t14-/m1/s1. The summed E-state index contributed by atoms with van der Waals surface area (Å²) in [5.74, 6) is -0.0149. The van der Waals surface area contributed by atoms with Gasteiger partial charge in [0.05, 0.1) is 6.61 Å². The number of amides is 1. The maximum absolute atomic E-state index is 11.6. The Morgan fingerprint density at radius 3 is 2.55 bits per heavy atom. The van der Waals surface area contributed by atoms with Crippen LogP contribution in [0.15, 0.2) is 34.4 Å². The number of anilines is 1. The fraction of sp³-hybridized carbons (Fsp3) is 0.375. The number of rotatable bonds is 8. The molecule has 0 aliphatic rings. The predicted molar refractivity (Wildman–Crippen MR) is 98.1 cm³/mol. The third-order valence-corrected chi connectivity index (χ3v) is 3.69. The average Bonchev–Trinajstić information content (AvgIpc) is 2.43. The molecule has 0 aliphatic carbocycles. The minimum absolute atomic E-state index is 0.0149. The third kappa shape index (κ3) is 7.79. The number of hydrogen-bond acceptors (Lipinski definition) is 3. The summed E-state index contributed by atoms with van der Waals surface area (Å²) in [6.45, 7) is 5.61. The van der Waals surface area contributed by atoms with Gasteiger partial charge in [0.1, 0.15) is 0 Å². The van der Waals surface area contributed by atoms with Gasteiger partial charge in [-0.3, -0.25) is 10.1 Å². The van der Waals surface area contributed by atoms with Gasteiger partial charge in [0, 0.05) is 16.6 Å². The molecule has 0 bridgehead atoms. The Morgan fingerprint density at radius 2 is 2.00 bits per heavy atom. The van der Waals surface area contributed by atoms with Crippen molar-refractivity contribution < 1.29 is 14.3 Å². The first-order valence-electron chi connectivity index (χ1n) is 6.90. The average molecular weight is 436 g/mol. The van der Waals surface area contributed by atoms with Gasteiger partial charge in [0.25, 0.3) is 0 Å².